The zero-order chi connectivity index (χ0) is 18.1. The molecule has 0 radical (unpaired) electrons. The van der Waals surface area contributed by atoms with Gasteiger partial charge in [-0.2, -0.15) is 0 Å². The zero-order valence-electron chi connectivity index (χ0n) is 13.1. The molecule has 2 heterocycles. The Morgan fingerprint density at radius 1 is 1.08 bits per heavy atom. The van der Waals surface area contributed by atoms with Crippen LogP contribution >= 0.6 is 23.2 Å². The van der Waals surface area contributed by atoms with E-state index in [0.29, 0.717) is 16.4 Å². The number of hydrogen-bond donors (Lipinski definition) is 1. The van der Waals surface area contributed by atoms with Crippen LogP contribution in [0, 0.1) is 0 Å². The Morgan fingerprint density at radius 3 is 2.73 bits per heavy atom. The van der Waals surface area contributed by atoms with Gasteiger partial charge in [-0.25, -0.2) is 9.67 Å². The molecule has 1 amide bonds. The fourth-order valence-corrected chi connectivity index (χ4v) is 2.92. The molecule has 0 aliphatic rings. The van der Waals surface area contributed by atoms with E-state index in [0.717, 1.165) is 10.8 Å². The van der Waals surface area contributed by atoms with Gasteiger partial charge in [0.1, 0.15) is 17.2 Å². The lowest BCUT2D eigenvalue weighted by atomic mass is 10.1. The first-order valence-electron chi connectivity index (χ1n) is 7.51. The summed E-state index contributed by atoms with van der Waals surface area (Å²) < 4.78 is 1.46. The number of carbonyl (C=O) groups excluding carboxylic acids is 1. The zero-order valence-corrected chi connectivity index (χ0v) is 14.6. The molecule has 0 aliphatic heterocycles. The maximum Gasteiger partial charge on any atom is 0.274 e. The van der Waals surface area contributed by atoms with Crippen LogP contribution < -0.4 is 5.32 Å². The maximum absolute atomic E-state index is 12.6. The van der Waals surface area contributed by atoms with Crippen molar-refractivity contribution < 1.29 is 4.79 Å². The monoisotopic (exact) mass is 384 g/mol. The normalized spacial score (nSPS) is 10.8. The largest absolute Gasteiger partial charge is 0.319 e. The van der Waals surface area contributed by atoms with E-state index in [-0.39, 0.29) is 10.8 Å². The Kier molecular flexibility index (Phi) is 4.24. The second-order valence-corrected chi connectivity index (χ2v) is 6.16. The van der Waals surface area contributed by atoms with E-state index in [9.17, 15) is 4.79 Å². The second kappa shape index (κ2) is 6.70. The number of amides is 1. The van der Waals surface area contributed by atoms with Crippen LogP contribution in [0.3, 0.4) is 0 Å². The van der Waals surface area contributed by atoms with Crippen molar-refractivity contribution in [2.45, 2.75) is 0 Å². The number of pyridine rings is 1. The number of fused-ring (bicyclic) bond motifs is 1. The molecule has 2 aromatic heterocycles. The summed E-state index contributed by atoms with van der Waals surface area (Å²) in [4.78, 5) is 16.8. The van der Waals surface area contributed by atoms with Gasteiger partial charge in [0.25, 0.3) is 5.91 Å². The number of nitrogens with one attached hydrogen (secondary N) is 1. The summed E-state index contributed by atoms with van der Waals surface area (Å²) in [5.74, 6) is -0.423. The topological polar surface area (TPSA) is 85.6 Å². The van der Waals surface area contributed by atoms with Crippen LogP contribution in [-0.4, -0.2) is 31.1 Å². The molecule has 0 spiro atoms. The molecular weight excluding hydrogens is 375 g/mol. The summed E-state index contributed by atoms with van der Waals surface area (Å²) >= 11 is 12.4. The van der Waals surface area contributed by atoms with Crippen molar-refractivity contribution in [3.63, 3.8) is 0 Å². The molecule has 9 heteroatoms. The van der Waals surface area contributed by atoms with Crippen molar-refractivity contribution in [3.05, 3.63) is 70.7 Å². The lowest BCUT2D eigenvalue weighted by molar-refractivity contribution is 0.102. The van der Waals surface area contributed by atoms with Crippen molar-refractivity contribution in [2.75, 3.05) is 5.32 Å². The Balaban J connectivity index is 1.67. The van der Waals surface area contributed by atoms with Crippen LogP contribution in [0.15, 0.2) is 54.9 Å². The summed E-state index contributed by atoms with van der Waals surface area (Å²) in [6.07, 6.45) is 1.44. The van der Waals surface area contributed by atoms with Gasteiger partial charge >= 0.3 is 0 Å². The van der Waals surface area contributed by atoms with E-state index in [2.05, 4.69) is 25.8 Å². The smallest absolute Gasteiger partial charge is 0.274 e. The average molecular weight is 385 g/mol. The standard InChI is InChI=1S/C17H10Cl2N6O/c18-13-6-5-11(25-9-20-23-24-25)8-14(13)22-17(26)15-7-10-3-1-2-4-12(10)16(19)21-15/h1-9H,(H,22,26). The number of benzene rings is 2. The predicted molar refractivity (Wildman–Crippen MR) is 98.9 cm³/mol. The summed E-state index contributed by atoms with van der Waals surface area (Å²) in [6.45, 7) is 0. The summed E-state index contributed by atoms with van der Waals surface area (Å²) in [5.41, 5.74) is 1.26. The van der Waals surface area contributed by atoms with Gasteiger partial charge in [-0.1, -0.05) is 47.5 Å². The predicted octanol–water partition coefficient (Wildman–Crippen LogP) is 3.77. The molecule has 0 saturated heterocycles. The Hall–Kier alpha value is -3.03. The molecule has 2 aromatic carbocycles. The SMILES string of the molecule is O=C(Nc1cc(-n2cnnn2)ccc1Cl)c1cc2ccccc2c(Cl)n1. The molecule has 0 aliphatic carbocycles. The van der Waals surface area contributed by atoms with Gasteiger partial charge in [0.05, 0.1) is 16.4 Å². The Morgan fingerprint density at radius 2 is 1.92 bits per heavy atom. The van der Waals surface area contributed by atoms with E-state index in [1.165, 1.54) is 11.0 Å². The molecule has 0 unspecified atom stereocenters. The number of halogens is 2. The van der Waals surface area contributed by atoms with Gasteiger partial charge in [0.2, 0.25) is 0 Å². The van der Waals surface area contributed by atoms with E-state index >= 15 is 0 Å². The minimum atomic E-state index is -0.423. The van der Waals surface area contributed by atoms with Crippen molar-refractivity contribution >= 4 is 45.6 Å². The first-order valence-corrected chi connectivity index (χ1v) is 8.27. The van der Waals surface area contributed by atoms with E-state index in [1.807, 2.05) is 24.3 Å². The summed E-state index contributed by atoms with van der Waals surface area (Å²) in [6, 6.07) is 14.2. The van der Waals surface area contributed by atoms with Crippen LogP contribution in [0.5, 0.6) is 0 Å². The fourth-order valence-electron chi connectivity index (χ4n) is 2.49. The third-order valence-corrected chi connectivity index (χ3v) is 4.36. The molecule has 0 saturated carbocycles. The molecule has 0 fully saturated rings. The van der Waals surface area contributed by atoms with Crippen LogP contribution in [-0.2, 0) is 0 Å². The molecule has 128 valence electrons. The van der Waals surface area contributed by atoms with Crippen LogP contribution in [0.25, 0.3) is 16.5 Å². The Bertz CT molecular complexity index is 1110. The molecule has 0 bridgehead atoms. The Labute approximate surface area is 157 Å². The highest BCUT2D eigenvalue weighted by molar-refractivity contribution is 6.35. The highest BCUT2D eigenvalue weighted by atomic mass is 35.5. The van der Waals surface area contributed by atoms with Gasteiger partial charge in [-0.05, 0) is 40.1 Å². The van der Waals surface area contributed by atoms with Gasteiger partial charge in [-0.15, -0.1) is 5.10 Å². The van der Waals surface area contributed by atoms with Crippen molar-refractivity contribution in [1.29, 1.82) is 0 Å². The van der Waals surface area contributed by atoms with Gasteiger partial charge in [0, 0.05) is 5.39 Å². The average Bonchev–Trinajstić information content (AvgIpc) is 3.18. The van der Waals surface area contributed by atoms with E-state index in [4.69, 9.17) is 23.2 Å². The molecule has 26 heavy (non-hydrogen) atoms. The molecule has 1 N–H and O–H groups in total. The molecule has 0 atom stereocenters. The quantitative estimate of drug-likeness (QED) is 0.543. The number of carbonyl (C=O) groups is 1. The van der Waals surface area contributed by atoms with Gasteiger partial charge in [-0.3, -0.25) is 4.79 Å². The molecule has 7 nitrogen and oxygen atoms in total. The van der Waals surface area contributed by atoms with Gasteiger partial charge < -0.3 is 5.32 Å². The minimum Gasteiger partial charge on any atom is -0.319 e. The van der Waals surface area contributed by atoms with Crippen molar-refractivity contribution in [1.82, 2.24) is 25.2 Å². The number of anilines is 1. The lowest BCUT2D eigenvalue weighted by Gasteiger charge is -2.10. The minimum absolute atomic E-state index is 0.192. The number of nitrogens with zero attached hydrogens (tertiary/aromatic N) is 5. The fraction of sp³-hybridized carbons (Fsp3) is 0. The second-order valence-electron chi connectivity index (χ2n) is 5.39. The van der Waals surface area contributed by atoms with Crippen molar-refractivity contribution in [3.8, 4) is 5.69 Å². The third-order valence-electron chi connectivity index (χ3n) is 3.74. The number of tetrazole rings is 1. The first-order chi connectivity index (χ1) is 12.6. The number of hydrogen-bond acceptors (Lipinski definition) is 5. The third kappa shape index (κ3) is 3.10. The van der Waals surface area contributed by atoms with Crippen LogP contribution in [0.4, 0.5) is 5.69 Å². The molecule has 4 aromatic rings. The highest BCUT2D eigenvalue weighted by Gasteiger charge is 2.14. The van der Waals surface area contributed by atoms with Crippen LogP contribution in [0.1, 0.15) is 10.5 Å². The number of aromatic nitrogens is 5. The van der Waals surface area contributed by atoms with Crippen LogP contribution in [0.2, 0.25) is 10.2 Å². The maximum atomic E-state index is 12.6. The summed E-state index contributed by atoms with van der Waals surface area (Å²) in [7, 11) is 0. The molecule has 4 rings (SSSR count). The van der Waals surface area contributed by atoms with Crippen molar-refractivity contribution in [2.24, 2.45) is 0 Å². The first kappa shape index (κ1) is 16.4. The van der Waals surface area contributed by atoms with E-state index in [1.54, 1.807) is 24.3 Å². The lowest BCUT2D eigenvalue weighted by Crippen LogP contribution is -2.14. The number of rotatable bonds is 3. The summed E-state index contributed by atoms with van der Waals surface area (Å²) in [5, 5.41) is 16.0. The van der Waals surface area contributed by atoms with E-state index < -0.39 is 5.91 Å². The molecular formula is C17H10Cl2N6O. The highest BCUT2D eigenvalue weighted by Crippen LogP contribution is 2.26. The van der Waals surface area contributed by atoms with Gasteiger partial charge in [0.15, 0.2) is 0 Å².